The van der Waals surface area contributed by atoms with E-state index in [-0.39, 0.29) is 24.2 Å². The van der Waals surface area contributed by atoms with E-state index in [4.69, 9.17) is 10.5 Å². The number of benzene rings is 2. The molecule has 0 radical (unpaired) electrons. The number of hydrogen-bond donors (Lipinski definition) is 1. The van der Waals surface area contributed by atoms with Crippen LogP contribution in [-0.4, -0.2) is 28.8 Å². The lowest BCUT2D eigenvalue weighted by Crippen LogP contribution is -2.34. The topological polar surface area (TPSA) is 85.5 Å². The van der Waals surface area contributed by atoms with Crippen molar-refractivity contribution >= 4 is 11.8 Å². The van der Waals surface area contributed by atoms with Crippen molar-refractivity contribution in [2.75, 3.05) is 7.11 Å². The van der Waals surface area contributed by atoms with Gasteiger partial charge in [0.1, 0.15) is 11.4 Å². The van der Waals surface area contributed by atoms with Gasteiger partial charge in [-0.2, -0.15) is 0 Å². The molecule has 152 valence electrons. The fourth-order valence-corrected chi connectivity index (χ4v) is 4.05. The first kappa shape index (κ1) is 19.6. The molecule has 6 heteroatoms. The summed E-state index contributed by atoms with van der Waals surface area (Å²) in [6.45, 7) is 0.237. The van der Waals surface area contributed by atoms with Crippen LogP contribution in [0.5, 0.6) is 5.75 Å². The molecule has 0 unspecified atom stereocenters. The number of aryl methyl sites for hydroxylation is 1. The summed E-state index contributed by atoms with van der Waals surface area (Å²) in [6, 6.07) is 18.6. The van der Waals surface area contributed by atoms with E-state index in [1.807, 2.05) is 35.2 Å². The van der Waals surface area contributed by atoms with E-state index in [0.717, 1.165) is 24.2 Å². The van der Waals surface area contributed by atoms with Crippen molar-refractivity contribution in [3.8, 4) is 5.75 Å². The molecule has 0 saturated heterocycles. The van der Waals surface area contributed by atoms with E-state index in [1.165, 1.54) is 11.8 Å². The second kappa shape index (κ2) is 8.37. The van der Waals surface area contributed by atoms with Crippen LogP contribution in [0.25, 0.3) is 0 Å². The number of nitrogens with two attached hydrogens (primary N) is 1. The van der Waals surface area contributed by atoms with Gasteiger partial charge in [0.05, 0.1) is 13.2 Å². The van der Waals surface area contributed by atoms with Crippen LogP contribution in [0.15, 0.2) is 66.9 Å². The summed E-state index contributed by atoms with van der Waals surface area (Å²) in [4.78, 5) is 31.4. The SMILES string of the molecule is COc1ccc2c(c1)[C@H](N(Cc1cccnc1C(N)=O)C(=O)c1ccccc1)CC2. The molecule has 2 amide bonds. The standard InChI is InChI=1S/C24H23N3O3/c1-30-19-11-9-16-10-12-21(20(16)14-19)27(24(29)17-6-3-2-4-7-17)15-18-8-5-13-26-22(18)23(25)28/h2-9,11,13-14,21H,10,12,15H2,1H3,(H2,25,28)/t21-/m1/s1. The fourth-order valence-electron chi connectivity index (χ4n) is 4.05. The minimum Gasteiger partial charge on any atom is -0.497 e. The number of carbonyl (C=O) groups is 2. The van der Waals surface area contributed by atoms with Gasteiger partial charge < -0.3 is 15.4 Å². The number of methoxy groups -OCH3 is 1. The van der Waals surface area contributed by atoms with Crippen LogP contribution >= 0.6 is 0 Å². The molecule has 1 aliphatic carbocycles. The van der Waals surface area contributed by atoms with E-state index in [1.54, 1.807) is 31.4 Å². The Hall–Kier alpha value is -3.67. The molecule has 0 fully saturated rings. The van der Waals surface area contributed by atoms with Gasteiger partial charge in [0, 0.05) is 23.9 Å². The predicted molar refractivity (Wildman–Crippen MR) is 113 cm³/mol. The van der Waals surface area contributed by atoms with Crippen molar-refractivity contribution in [1.82, 2.24) is 9.88 Å². The smallest absolute Gasteiger partial charge is 0.267 e. The molecular weight excluding hydrogens is 378 g/mol. The third-order valence-corrected chi connectivity index (χ3v) is 5.52. The maximum Gasteiger partial charge on any atom is 0.267 e. The highest BCUT2D eigenvalue weighted by Gasteiger charge is 2.32. The zero-order chi connectivity index (χ0) is 21.1. The first-order valence-corrected chi connectivity index (χ1v) is 9.85. The molecule has 1 heterocycles. The molecule has 0 bridgehead atoms. The molecule has 1 aromatic heterocycles. The molecule has 3 aromatic rings. The second-order valence-corrected chi connectivity index (χ2v) is 7.29. The number of nitrogens with zero attached hydrogens (tertiary/aromatic N) is 2. The molecule has 1 atom stereocenters. The molecule has 2 aromatic carbocycles. The molecule has 0 saturated carbocycles. The summed E-state index contributed by atoms with van der Waals surface area (Å²) in [6.07, 6.45) is 3.20. The largest absolute Gasteiger partial charge is 0.497 e. The Morgan fingerprint density at radius 1 is 1.13 bits per heavy atom. The summed E-state index contributed by atoms with van der Waals surface area (Å²) >= 11 is 0. The number of carbonyl (C=O) groups excluding carboxylic acids is 2. The van der Waals surface area contributed by atoms with Crippen molar-refractivity contribution in [2.45, 2.75) is 25.4 Å². The Balaban J connectivity index is 1.77. The third-order valence-electron chi connectivity index (χ3n) is 5.52. The first-order chi connectivity index (χ1) is 14.6. The lowest BCUT2D eigenvalue weighted by atomic mass is 10.0. The van der Waals surface area contributed by atoms with Crippen molar-refractivity contribution < 1.29 is 14.3 Å². The highest BCUT2D eigenvalue weighted by molar-refractivity contribution is 5.95. The number of fused-ring (bicyclic) bond motifs is 1. The van der Waals surface area contributed by atoms with Crippen molar-refractivity contribution in [1.29, 1.82) is 0 Å². The van der Waals surface area contributed by atoms with E-state index in [0.29, 0.717) is 11.1 Å². The lowest BCUT2D eigenvalue weighted by Gasteiger charge is -2.30. The van der Waals surface area contributed by atoms with Crippen LogP contribution < -0.4 is 10.5 Å². The number of pyridine rings is 1. The second-order valence-electron chi connectivity index (χ2n) is 7.29. The zero-order valence-corrected chi connectivity index (χ0v) is 16.7. The number of primary amides is 1. The number of rotatable bonds is 6. The minimum atomic E-state index is -0.605. The zero-order valence-electron chi connectivity index (χ0n) is 16.7. The minimum absolute atomic E-state index is 0.101. The maximum atomic E-state index is 13.5. The number of ether oxygens (including phenoxy) is 1. The van der Waals surface area contributed by atoms with Crippen molar-refractivity contribution in [3.63, 3.8) is 0 Å². The summed E-state index contributed by atoms with van der Waals surface area (Å²) in [5.74, 6) is 0.0497. The summed E-state index contributed by atoms with van der Waals surface area (Å²) in [5.41, 5.74) is 9.21. The molecule has 0 spiro atoms. The highest BCUT2D eigenvalue weighted by atomic mass is 16.5. The molecule has 2 N–H and O–H groups in total. The van der Waals surface area contributed by atoms with Crippen LogP contribution in [0.3, 0.4) is 0 Å². The van der Waals surface area contributed by atoms with Gasteiger partial charge in [-0.3, -0.25) is 14.6 Å². The maximum absolute atomic E-state index is 13.5. The molecule has 30 heavy (non-hydrogen) atoms. The van der Waals surface area contributed by atoms with Gasteiger partial charge in [0.2, 0.25) is 0 Å². The van der Waals surface area contributed by atoms with E-state index in [9.17, 15) is 9.59 Å². The van der Waals surface area contributed by atoms with Crippen molar-refractivity contribution in [2.24, 2.45) is 5.73 Å². The Morgan fingerprint density at radius 2 is 1.93 bits per heavy atom. The Morgan fingerprint density at radius 3 is 2.67 bits per heavy atom. The predicted octanol–water partition coefficient (Wildman–Crippen LogP) is 3.52. The average molecular weight is 401 g/mol. The fraction of sp³-hybridized carbons (Fsp3) is 0.208. The van der Waals surface area contributed by atoms with Gasteiger partial charge >= 0.3 is 0 Å². The average Bonchev–Trinajstić information content (AvgIpc) is 3.20. The van der Waals surface area contributed by atoms with Crippen LogP contribution in [0, 0.1) is 0 Å². The summed E-state index contributed by atoms with van der Waals surface area (Å²) in [7, 11) is 1.63. The first-order valence-electron chi connectivity index (χ1n) is 9.85. The lowest BCUT2D eigenvalue weighted by molar-refractivity contribution is 0.0655. The van der Waals surface area contributed by atoms with Crippen molar-refractivity contribution in [3.05, 3.63) is 94.8 Å². The quantitative estimate of drug-likeness (QED) is 0.685. The van der Waals surface area contributed by atoms with Gasteiger partial charge in [-0.1, -0.05) is 30.3 Å². The molecule has 6 nitrogen and oxygen atoms in total. The molecule has 4 rings (SSSR count). The van der Waals surface area contributed by atoms with E-state index < -0.39 is 5.91 Å². The normalized spacial score (nSPS) is 14.8. The van der Waals surface area contributed by atoms with Crippen LogP contribution in [-0.2, 0) is 13.0 Å². The monoisotopic (exact) mass is 401 g/mol. The Bertz CT molecular complexity index is 1080. The molecule has 1 aliphatic rings. The number of hydrogen-bond acceptors (Lipinski definition) is 4. The number of amides is 2. The van der Waals surface area contributed by atoms with E-state index >= 15 is 0 Å². The van der Waals surface area contributed by atoms with Crippen LogP contribution in [0.1, 0.15) is 50.0 Å². The Kier molecular flexibility index (Phi) is 5.48. The molecule has 0 aliphatic heterocycles. The van der Waals surface area contributed by atoms with Gasteiger partial charge in [-0.05, 0) is 54.3 Å². The van der Waals surface area contributed by atoms with Gasteiger partial charge in [-0.25, -0.2) is 0 Å². The third kappa shape index (κ3) is 3.76. The van der Waals surface area contributed by atoms with Crippen LogP contribution in [0.4, 0.5) is 0 Å². The summed E-state index contributed by atoms with van der Waals surface area (Å²) in [5, 5.41) is 0. The van der Waals surface area contributed by atoms with Gasteiger partial charge in [-0.15, -0.1) is 0 Å². The summed E-state index contributed by atoms with van der Waals surface area (Å²) < 4.78 is 5.41. The van der Waals surface area contributed by atoms with Crippen LogP contribution in [0.2, 0.25) is 0 Å². The number of aromatic nitrogens is 1. The highest BCUT2D eigenvalue weighted by Crippen LogP contribution is 2.39. The van der Waals surface area contributed by atoms with E-state index in [2.05, 4.69) is 11.1 Å². The van der Waals surface area contributed by atoms with Gasteiger partial charge in [0.25, 0.3) is 11.8 Å². The molecular formula is C24H23N3O3. The van der Waals surface area contributed by atoms with Gasteiger partial charge in [0.15, 0.2) is 0 Å². The Labute approximate surface area is 175 Å².